The zero-order valence-corrected chi connectivity index (χ0v) is 11.9. The standard InChI is InChI=1S/C10H12IN5O3/c11-10-14-8(12)7-9(15-10)16(3-13-7)6-1-4(18)5(2-17)19-6/h3-6,17-18H,1-2H2,(H2,12,14,15)/t4-,5+,6+/m0/s1. The third-order valence-electron chi connectivity index (χ3n) is 3.12. The highest BCUT2D eigenvalue weighted by atomic mass is 127. The van der Waals surface area contributed by atoms with Crippen LogP contribution in [0.25, 0.3) is 11.2 Å². The van der Waals surface area contributed by atoms with Crippen LogP contribution in [-0.2, 0) is 4.74 Å². The summed E-state index contributed by atoms with van der Waals surface area (Å²) in [4.78, 5) is 12.5. The molecule has 0 aromatic carbocycles. The van der Waals surface area contributed by atoms with Gasteiger partial charge in [-0.3, -0.25) is 4.57 Å². The van der Waals surface area contributed by atoms with Crippen LogP contribution in [0, 0.1) is 3.83 Å². The minimum atomic E-state index is -0.703. The Labute approximate surface area is 121 Å². The smallest absolute Gasteiger partial charge is 0.194 e. The van der Waals surface area contributed by atoms with E-state index in [0.29, 0.717) is 27.2 Å². The first kappa shape index (κ1) is 13.0. The summed E-state index contributed by atoms with van der Waals surface area (Å²) in [6.45, 7) is -0.223. The van der Waals surface area contributed by atoms with Crippen LogP contribution in [-0.4, -0.2) is 48.5 Å². The fourth-order valence-corrected chi connectivity index (χ4v) is 2.66. The maximum Gasteiger partial charge on any atom is 0.194 e. The number of halogens is 1. The lowest BCUT2D eigenvalue weighted by molar-refractivity contribution is -0.0432. The Morgan fingerprint density at radius 3 is 3.00 bits per heavy atom. The van der Waals surface area contributed by atoms with Crippen molar-refractivity contribution < 1.29 is 14.9 Å². The zero-order chi connectivity index (χ0) is 13.6. The number of aliphatic hydroxyl groups is 2. The number of aromatic nitrogens is 4. The normalized spacial score (nSPS) is 27.2. The van der Waals surface area contributed by atoms with E-state index in [2.05, 4.69) is 15.0 Å². The monoisotopic (exact) mass is 377 g/mol. The fraction of sp³-hybridized carbons (Fsp3) is 0.500. The SMILES string of the molecule is Nc1nc(I)nc2c1ncn2[C@H]1C[C@H](O)[C@@H](CO)O1. The number of aliphatic hydroxyl groups excluding tert-OH is 2. The van der Waals surface area contributed by atoms with Crippen LogP contribution in [0.4, 0.5) is 5.82 Å². The molecule has 4 N–H and O–H groups in total. The number of fused-ring (bicyclic) bond motifs is 1. The highest BCUT2D eigenvalue weighted by Gasteiger charge is 2.35. The van der Waals surface area contributed by atoms with Crippen molar-refractivity contribution in [3.8, 4) is 0 Å². The lowest BCUT2D eigenvalue weighted by Gasteiger charge is -2.13. The molecule has 3 atom stereocenters. The highest BCUT2D eigenvalue weighted by molar-refractivity contribution is 14.1. The van der Waals surface area contributed by atoms with Gasteiger partial charge in [-0.2, -0.15) is 0 Å². The van der Waals surface area contributed by atoms with Crippen molar-refractivity contribution in [2.75, 3.05) is 12.3 Å². The van der Waals surface area contributed by atoms with E-state index in [9.17, 15) is 5.11 Å². The van der Waals surface area contributed by atoms with Gasteiger partial charge in [0.1, 0.15) is 17.8 Å². The molecule has 3 heterocycles. The number of anilines is 1. The number of nitrogen functional groups attached to an aromatic ring is 1. The maximum atomic E-state index is 9.76. The van der Waals surface area contributed by atoms with E-state index >= 15 is 0 Å². The average molecular weight is 377 g/mol. The fourth-order valence-electron chi connectivity index (χ4n) is 2.17. The van der Waals surface area contributed by atoms with Crippen LogP contribution >= 0.6 is 22.6 Å². The van der Waals surface area contributed by atoms with E-state index in [1.54, 1.807) is 10.9 Å². The van der Waals surface area contributed by atoms with Gasteiger partial charge < -0.3 is 20.7 Å². The second-order valence-electron chi connectivity index (χ2n) is 4.32. The van der Waals surface area contributed by atoms with E-state index in [-0.39, 0.29) is 6.61 Å². The molecule has 102 valence electrons. The Hall–Kier alpha value is -1.04. The average Bonchev–Trinajstić information content (AvgIpc) is 2.92. The molecule has 1 fully saturated rings. The van der Waals surface area contributed by atoms with Gasteiger partial charge in [-0.15, -0.1) is 0 Å². The molecular weight excluding hydrogens is 365 g/mol. The van der Waals surface area contributed by atoms with Crippen molar-refractivity contribution in [1.29, 1.82) is 0 Å². The number of nitrogens with zero attached hydrogens (tertiary/aromatic N) is 4. The lowest BCUT2D eigenvalue weighted by Crippen LogP contribution is -2.24. The van der Waals surface area contributed by atoms with Crippen molar-refractivity contribution in [3.05, 3.63) is 10.2 Å². The largest absolute Gasteiger partial charge is 0.394 e. The molecular formula is C10H12IN5O3. The molecule has 0 aliphatic carbocycles. The van der Waals surface area contributed by atoms with Gasteiger partial charge in [-0.25, -0.2) is 15.0 Å². The van der Waals surface area contributed by atoms with Crippen molar-refractivity contribution in [2.24, 2.45) is 0 Å². The Morgan fingerprint density at radius 2 is 2.32 bits per heavy atom. The number of hydrogen-bond acceptors (Lipinski definition) is 7. The summed E-state index contributed by atoms with van der Waals surface area (Å²) < 4.78 is 7.79. The van der Waals surface area contributed by atoms with Crippen molar-refractivity contribution >= 4 is 39.6 Å². The third kappa shape index (κ3) is 2.16. The van der Waals surface area contributed by atoms with Crippen molar-refractivity contribution in [2.45, 2.75) is 24.9 Å². The molecule has 0 radical (unpaired) electrons. The number of nitrogens with two attached hydrogens (primary N) is 1. The molecule has 0 amide bonds. The summed E-state index contributed by atoms with van der Waals surface area (Å²) in [5.41, 5.74) is 6.86. The van der Waals surface area contributed by atoms with Crippen molar-refractivity contribution in [3.63, 3.8) is 0 Å². The van der Waals surface area contributed by atoms with Crippen LogP contribution in [0.15, 0.2) is 6.33 Å². The summed E-state index contributed by atoms with van der Waals surface area (Å²) in [7, 11) is 0. The summed E-state index contributed by atoms with van der Waals surface area (Å²) >= 11 is 1.97. The summed E-state index contributed by atoms with van der Waals surface area (Å²) in [6, 6.07) is 0. The van der Waals surface area contributed by atoms with Gasteiger partial charge >= 0.3 is 0 Å². The summed E-state index contributed by atoms with van der Waals surface area (Å²) in [5, 5.41) is 18.9. The minimum Gasteiger partial charge on any atom is -0.394 e. The van der Waals surface area contributed by atoms with Gasteiger partial charge in [0.25, 0.3) is 0 Å². The molecule has 0 unspecified atom stereocenters. The van der Waals surface area contributed by atoms with E-state index < -0.39 is 18.4 Å². The Morgan fingerprint density at radius 1 is 1.53 bits per heavy atom. The first-order valence-corrected chi connectivity index (χ1v) is 6.78. The molecule has 0 saturated carbocycles. The summed E-state index contributed by atoms with van der Waals surface area (Å²) in [5.74, 6) is 0.311. The van der Waals surface area contributed by atoms with Crippen LogP contribution in [0.2, 0.25) is 0 Å². The van der Waals surface area contributed by atoms with Crippen LogP contribution in [0.1, 0.15) is 12.6 Å². The molecule has 2 aromatic rings. The molecule has 0 spiro atoms. The highest BCUT2D eigenvalue weighted by Crippen LogP contribution is 2.31. The first-order chi connectivity index (χ1) is 9.10. The van der Waals surface area contributed by atoms with Gasteiger partial charge in [0.15, 0.2) is 15.3 Å². The minimum absolute atomic E-state index is 0.223. The molecule has 3 rings (SSSR count). The van der Waals surface area contributed by atoms with Crippen molar-refractivity contribution in [1.82, 2.24) is 19.5 Å². The Bertz CT molecular complexity index is 618. The Kier molecular flexibility index (Phi) is 3.28. The molecule has 1 aliphatic heterocycles. The van der Waals surface area contributed by atoms with Gasteiger partial charge in [0, 0.05) is 29.0 Å². The molecule has 2 aromatic heterocycles. The number of rotatable bonds is 2. The van der Waals surface area contributed by atoms with Crippen LogP contribution < -0.4 is 5.73 Å². The van der Waals surface area contributed by atoms with E-state index in [1.165, 1.54) is 0 Å². The second kappa shape index (κ2) is 4.81. The molecule has 0 bridgehead atoms. The van der Waals surface area contributed by atoms with E-state index in [0.717, 1.165) is 0 Å². The number of imidazole rings is 1. The molecule has 1 saturated heterocycles. The van der Waals surface area contributed by atoms with E-state index in [1.807, 2.05) is 22.6 Å². The van der Waals surface area contributed by atoms with Gasteiger partial charge in [-0.05, 0) is 0 Å². The second-order valence-corrected chi connectivity index (χ2v) is 5.28. The molecule has 9 heteroatoms. The number of ether oxygens (including phenoxy) is 1. The van der Waals surface area contributed by atoms with Gasteiger partial charge in [0.2, 0.25) is 0 Å². The topological polar surface area (TPSA) is 119 Å². The molecule has 19 heavy (non-hydrogen) atoms. The predicted octanol–water partition coefficient (Wildman–Crippen LogP) is -0.346. The van der Waals surface area contributed by atoms with E-state index in [4.69, 9.17) is 15.6 Å². The van der Waals surface area contributed by atoms with Gasteiger partial charge in [0.05, 0.1) is 19.0 Å². The molecule has 1 aliphatic rings. The maximum absolute atomic E-state index is 9.76. The molecule has 8 nitrogen and oxygen atoms in total. The van der Waals surface area contributed by atoms with Crippen LogP contribution in [0.5, 0.6) is 0 Å². The number of hydrogen-bond donors (Lipinski definition) is 3. The zero-order valence-electron chi connectivity index (χ0n) is 9.77. The quantitative estimate of drug-likeness (QED) is 0.484. The van der Waals surface area contributed by atoms with Gasteiger partial charge in [-0.1, -0.05) is 0 Å². The Balaban J connectivity index is 2.02. The first-order valence-electron chi connectivity index (χ1n) is 5.70. The summed E-state index contributed by atoms with van der Waals surface area (Å²) in [6.07, 6.45) is 0.230. The predicted molar refractivity (Wildman–Crippen MR) is 74.1 cm³/mol. The van der Waals surface area contributed by atoms with Crippen LogP contribution in [0.3, 0.4) is 0 Å². The lowest BCUT2D eigenvalue weighted by atomic mass is 10.2. The third-order valence-corrected chi connectivity index (χ3v) is 3.60.